The van der Waals surface area contributed by atoms with E-state index in [0.29, 0.717) is 0 Å². The van der Waals surface area contributed by atoms with E-state index in [1.54, 1.807) is 18.2 Å². The number of phenolic OH excluding ortho intramolecular Hbond substituents is 2. The van der Waals surface area contributed by atoms with Gasteiger partial charge in [-0.2, -0.15) is 0 Å². The Balaban J connectivity index is 0.00000341. The largest absolute Gasteiger partial charge is 0.507 e. The SMILES string of the molecule is O=[N+]([O-])c1ccc(O)c(C=Nc2cccc(N=Cc3cc([N+](=O)[O-])ccc3O)n2)c1.[Co]. The summed E-state index contributed by atoms with van der Waals surface area (Å²) in [5, 5.41) is 41.3. The molecule has 0 saturated carbocycles. The van der Waals surface area contributed by atoms with Crippen LogP contribution in [0, 0.1) is 20.2 Å². The minimum absolute atomic E-state index is 0. The molecule has 1 heterocycles. The van der Waals surface area contributed by atoms with E-state index in [1.165, 1.54) is 48.8 Å². The van der Waals surface area contributed by atoms with Crippen molar-refractivity contribution in [1.29, 1.82) is 0 Å². The van der Waals surface area contributed by atoms with Crippen molar-refractivity contribution >= 4 is 35.4 Å². The van der Waals surface area contributed by atoms with E-state index in [9.17, 15) is 30.4 Å². The van der Waals surface area contributed by atoms with Gasteiger partial charge in [-0.15, -0.1) is 0 Å². The minimum Gasteiger partial charge on any atom is -0.507 e. The molecule has 0 aliphatic rings. The van der Waals surface area contributed by atoms with Crippen LogP contribution in [0.15, 0.2) is 64.6 Å². The molecule has 0 saturated heterocycles. The summed E-state index contributed by atoms with van der Waals surface area (Å²) in [5.74, 6) is 0.0528. The van der Waals surface area contributed by atoms with Crippen molar-refractivity contribution in [3.8, 4) is 11.5 Å². The molecule has 1 radical (unpaired) electrons. The van der Waals surface area contributed by atoms with Crippen LogP contribution in [-0.2, 0) is 16.8 Å². The van der Waals surface area contributed by atoms with Crippen LogP contribution < -0.4 is 0 Å². The van der Waals surface area contributed by atoms with Crippen LogP contribution in [0.3, 0.4) is 0 Å². The van der Waals surface area contributed by atoms with E-state index in [2.05, 4.69) is 15.0 Å². The molecule has 2 N–H and O–H groups in total. The third-order valence-corrected chi connectivity index (χ3v) is 3.84. The molecule has 1 aromatic heterocycles. The van der Waals surface area contributed by atoms with E-state index in [4.69, 9.17) is 0 Å². The van der Waals surface area contributed by atoms with Crippen molar-refractivity contribution in [2.45, 2.75) is 0 Å². The number of nitro groups is 2. The average molecular weight is 466 g/mol. The molecule has 0 aliphatic carbocycles. The standard InChI is InChI=1S/C19H13N5O6.Co/c25-16-6-4-14(23(27)28)8-12(16)10-20-18-2-1-3-19(22-18)21-11-13-9-15(24(29)30)5-7-17(13)26;/h1-11,25-26H;. The molecule has 3 aromatic rings. The van der Waals surface area contributed by atoms with Gasteiger partial charge >= 0.3 is 0 Å². The van der Waals surface area contributed by atoms with Crippen LogP contribution in [0.1, 0.15) is 11.1 Å². The second kappa shape index (κ2) is 10.0. The van der Waals surface area contributed by atoms with Crippen molar-refractivity contribution in [2.75, 3.05) is 0 Å². The average Bonchev–Trinajstić information content (AvgIpc) is 2.72. The predicted octanol–water partition coefficient (Wildman–Crippen LogP) is 3.81. The predicted molar refractivity (Wildman–Crippen MR) is 108 cm³/mol. The maximum atomic E-state index is 10.9. The summed E-state index contributed by atoms with van der Waals surface area (Å²) in [4.78, 5) is 32.8. The topological polar surface area (TPSA) is 164 Å². The fourth-order valence-corrected chi connectivity index (χ4v) is 2.35. The van der Waals surface area contributed by atoms with Gasteiger partial charge < -0.3 is 10.2 Å². The Morgan fingerprint density at radius 1 is 0.774 bits per heavy atom. The number of rotatable bonds is 6. The number of nitro benzene ring substituents is 2. The molecule has 31 heavy (non-hydrogen) atoms. The maximum absolute atomic E-state index is 10.9. The first-order valence-corrected chi connectivity index (χ1v) is 8.33. The maximum Gasteiger partial charge on any atom is 0.270 e. The molecule has 2 aromatic carbocycles. The molecule has 0 fully saturated rings. The Morgan fingerprint density at radius 2 is 1.19 bits per heavy atom. The molecule has 0 aliphatic heterocycles. The number of pyridine rings is 1. The van der Waals surface area contributed by atoms with E-state index < -0.39 is 9.85 Å². The van der Waals surface area contributed by atoms with Crippen LogP contribution in [0.4, 0.5) is 23.0 Å². The number of nitrogens with zero attached hydrogens (tertiary/aromatic N) is 5. The van der Waals surface area contributed by atoms with Crippen molar-refractivity contribution in [3.05, 3.63) is 86.0 Å². The number of hydrogen-bond donors (Lipinski definition) is 2. The van der Waals surface area contributed by atoms with Crippen molar-refractivity contribution in [3.63, 3.8) is 0 Å². The third-order valence-electron chi connectivity index (χ3n) is 3.84. The molecule has 0 spiro atoms. The Kier molecular flexibility index (Phi) is 7.49. The van der Waals surface area contributed by atoms with E-state index in [0.717, 1.165) is 0 Å². The molecule has 159 valence electrons. The quantitative estimate of drug-likeness (QED) is 0.317. The molecule has 0 unspecified atom stereocenters. The zero-order chi connectivity index (χ0) is 21.7. The molecule has 3 rings (SSSR count). The first-order chi connectivity index (χ1) is 14.3. The second-order valence-corrected chi connectivity index (χ2v) is 5.87. The number of aromatic nitrogens is 1. The van der Waals surface area contributed by atoms with Gasteiger partial charge in [0.25, 0.3) is 11.4 Å². The number of non-ortho nitro benzene ring substituents is 2. The fourth-order valence-electron chi connectivity index (χ4n) is 2.35. The smallest absolute Gasteiger partial charge is 0.270 e. The zero-order valence-corrected chi connectivity index (χ0v) is 16.5. The van der Waals surface area contributed by atoms with Gasteiger partial charge in [0.1, 0.15) is 11.5 Å². The van der Waals surface area contributed by atoms with Crippen molar-refractivity contribution in [2.24, 2.45) is 9.98 Å². The van der Waals surface area contributed by atoms with E-state index >= 15 is 0 Å². The van der Waals surface area contributed by atoms with Gasteiger partial charge in [0.2, 0.25) is 0 Å². The normalized spacial score (nSPS) is 10.8. The fraction of sp³-hybridized carbons (Fsp3) is 0. The van der Waals surface area contributed by atoms with Gasteiger partial charge in [0.05, 0.1) is 9.85 Å². The number of phenols is 2. The van der Waals surface area contributed by atoms with Gasteiger partial charge in [-0.1, -0.05) is 6.07 Å². The first-order valence-electron chi connectivity index (χ1n) is 8.33. The molecule has 0 bridgehead atoms. The third kappa shape index (κ3) is 5.91. The molecular weight excluding hydrogens is 453 g/mol. The Morgan fingerprint density at radius 3 is 1.58 bits per heavy atom. The van der Waals surface area contributed by atoms with E-state index in [-0.39, 0.29) is 62.4 Å². The van der Waals surface area contributed by atoms with E-state index in [1.807, 2.05) is 0 Å². The van der Waals surface area contributed by atoms with Crippen LogP contribution in [0.25, 0.3) is 0 Å². The van der Waals surface area contributed by atoms with Crippen molar-refractivity contribution in [1.82, 2.24) is 4.98 Å². The molecule has 0 atom stereocenters. The summed E-state index contributed by atoms with van der Waals surface area (Å²) >= 11 is 0. The Hall–Kier alpha value is -4.16. The summed E-state index contributed by atoms with van der Waals surface area (Å²) in [6.45, 7) is 0. The van der Waals surface area contributed by atoms with Crippen LogP contribution in [0.2, 0.25) is 0 Å². The van der Waals surface area contributed by atoms with Crippen LogP contribution >= 0.6 is 0 Å². The molecule has 0 amide bonds. The minimum atomic E-state index is -0.590. The van der Waals surface area contributed by atoms with Crippen LogP contribution in [0.5, 0.6) is 11.5 Å². The van der Waals surface area contributed by atoms with Gasteiger partial charge in [-0.05, 0) is 24.3 Å². The summed E-state index contributed by atoms with van der Waals surface area (Å²) in [6.07, 6.45) is 2.45. The number of hydrogen-bond acceptors (Lipinski definition) is 9. The van der Waals surface area contributed by atoms with Gasteiger partial charge in [-0.25, -0.2) is 15.0 Å². The van der Waals surface area contributed by atoms with Gasteiger partial charge in [0.15, 0.2) is 11.6 Å². The van der Waals surface area contributed by atoms with Gasteiger partial charge in [0, 0.05) is 64.6 Å². The summed E-state index contributed by atoms with van der Waals surface area (Å²) in [5.41, 5.74) is -0.113. The first kappa shape index (κ1) is 23.1. The van der Waals surface area contributed by atoms with Crippen LogP contribution in [-0.4, -0.2) is 37.5 Å². The Labute approximate surface area is 185 Å². The van der Waals surface area contributed by atoms with Crippen molar-refractivity contribution < 1.29 is 36.8 Å². The molecule has 12 heteroatoms. The number of aliphatic imine (C=N–C) groups is 2. The number of benzene rings is 2. The Bertz CT molecular complexity index is 1110. The molecule has 11 nitrogen and oxygen atoms in total. The second-order valence-electron chi connectivity index (χ2n) is 5.87. The summed E-state index contributed by atoms with van der Waals surface area (Å²) in [7, 11) is 0. The monoisotopic (exact) mass is 466 g/mol. The molecular formula is C19H13CoN5O6. The summed E-state index contributed by atoms with van der Waals surface area (Å²) < 4.78 is 0. The zero-order valence-electron chi connectivity index (χ0n) is 15.4. The van der Waals surface area contributed by atoms with Gasteiger partial charge in [-0.3, -0.25) is 20.2 Å². The number of aromatic hydroxyl groups is 2. The summed E-state index contributed by atoms with van der Waals surface area (Å²) in [6, 6.07) is 11.8.